The normalized spacial score (nSPS) is 14.4. The Bertz CT molecular complexity index is 1660. The smallest absolute Gasteiger partial charge is 0.270 e. The molecule has 1 saturated heterocycles. The van der Waals surface area contributed by atoms with Crippen LogP contribution >= 0.6 is 23.8 Å². The van der Waals surface area contributed by atoms with Crippen molar-refractivity contribution in [3.05, 3.63) is 112 Å². The Morgan fingerprint density at radius 1 is 0.975 bits per heavy atom. The van der Waals surface area contributed by atoms with Crippen molar-refractivity contribution in [3.63, 3.8) is 0 Å². The zero-order chi connectivity index (χ0) is 28.4. The van der Waals surface area contributed by atoms with Gasteiger partial charge in [0.25, 0.3) is 11.8 Å². The van der Waals surface area contributed by atoms with Gasteiger partial charge >= 0.3 is 0 Å². The van der Waals surface area contributed by atoms with Gasteiger partial charge in [0, 0.05) is 27.7 Å². The average molecular weight is 572 g/mol. The molecule has 7 nitrogen and oxygen atoms in total. The molecule has 202 valence electrons. The molecule has 3 aromatic carbocycles. The van der Waals surface area contributed by atoms with Gasteiger partial charge in [-0.25, -0.2) is 4.90 Å². The van der Waals surface area contributed by atoms with Crippen molar-refractivity contribution in [2.24, 2.45) is 0 Å². The van der Waals surface area contributed by atoms with Crippen molar-refractivity contribution in [1.29, 1.82) is 0 Å². The lowest BCUT2D eigenvalue weighted by molar-refractivity contribution is -0.122. The van der Waals surface area contributed by atoms with Gasteiger partial charge in [-0.2, -0.15) is 0 Å². The van der Waals surface area contributed by atoms with Crippen LogP contribution in [-0.2, 0) is 16.2 Å². The predicted octanol–water partition coefficient (Wildman–Crippen LogP) is 6.17. The molecule has 4 aromatic rings. The minimum absolute atomic E-state index is 0.000957. The van der Waals surface area contributed by atoms with E-state index in [4.69, 9.17) is 33.3 Å². The van der Waals surface area contributed by atoms with E-state index in [1.54, 1.807) is 30.3 Å². The number of carbonyl (C=O) groups excluding carboxylic acids is 2. The molecule has 1 aromatic heterocycles. The molecule has 0 unspecified atom stereocenters. The van der Waals surface area contributed by atoms with Crippen LogP contribution in [0.25, 0.3) is 11.8 Å². The van der Waals surface area contributed by atoms with E-state index in [2.05, 4.69) is 9.88 Å². The predicted molar refractivity (Wildman–Crippen MR) is 160 cm³/mol. The van der Waals surface area contributed by atoms with Crippen LogP contribution in [0, 0.1) is 13.8 Å². The number of rotatable bonds is 7. The number of hydrogen-bond donors (Lipinski definition) is 1. The van der Waals surface area contributed by atoms with Gasteiger partial charge in [0.1, 0.15) is 23.7 Å². The van der Waals surface area contributed by atoms with Gasteiger partial charge in [0.15, 0.2) is 5.11 Å². The minimum atomic E-state index is -0.550. The highest BCUT2D eigenvalue weighted by molar-refractivity contribution is 7.80. The molecule has 9 heteroatoms. The second kappa shape index (κ2) is 11.4. The summed E-state index contributed by atoms with van der Waals surface area (Å²) < 4.78 is 13.4. The number of thiocarbonyl (C=S) groups is 1. The molecule has 0 atom stereocenters. The number of aryl methyl sites for hydroxylation is 1. The highest BCUT2D eigenvalue weighted by Crippen LogP contribution is 2.32. The number of benzene rings is 3. The number of aromatic nitrogens is 1. The van der Waals surface area contributed by atoms with E-state index in [9.17, 15) is 9.59 Å². The molecule has 0 aliphatic carbocycles. The molecule has 0 spiro atoms. The summed E-state index contributed by atoms with van der Waals surface area (Å²) in [6.45, 7) is 4.27. The van der Waals surface area contributed by atoms with Crippen molar-refractivity contribution in [3.8, 4) is 17.2 Å². The summed E-state index contributed by atoms with van der Waals surface area (Å²) in [5, 5.41) is 3.29. The summed E-state index contributed by atoms with van der Waals surface area (Å²) in [5.74, 6) is 0.102. The fourth-order valence-corrected chi connectivity index (χ4v) is 5.11. The van der Waals surface area contributed by atoms with Crippen LogP contribution in [0.4, 0.5) is 5.69 Å². The zero-order valence-corrected chi connectivity index (χ0v) is 23.7. The number of methoxy groups -OCH3 is 1. The van der Waals surface area contributed by atoms with Crippen molar-refractivity contribution in [1.82, 2.24) is 9.88 Å². The Kier molecular flexibility index (Phi) is 7.73. The first-order valence-electron chi connectivity index (χ1n) is 12.5. The molecule has 1 aliphatic heterocycles. The monoisotopic (exact) mass is 571 g/mol. The highest BCUT2D eigenvalue weighted by atomic mass is 35.5. The third-order valence-corrected chi connectivity index (χ3v) is 7.30. The summed E-state index contributed by atoms with van der Waals surface area (Å²) >= 11 is 11.6. The molecule has 40 heavy (non-hydrogen) atoms. The van der Waals surface area contributed by atoms with Gasteiger partial charge in [-0.1, -0.05) is 41.9 Å². The van der Waals surface area contributed by atoms with Crippen LogP contribution in [0.1, 0.15) is 22.5 Å². The lowest BCUT2D eigenvalue weighted by Gasteiger charge is -2.29. The van der Waals surface area contributed by atoms with Crippen LogP contribution in [0.2, 0.25) is 5.02 Å². The second-order valence-corrected chi connectivity index (χ2v) is 9.96. The summed E-state index contributed by atoms with van der Waals surface area (Å²) in [7, 11) is 1.51. The topological polar surface area (TPSA) is 72.8 Å². The SMILES string of the molecule is COc1ccccc1N1C(=O)/C(=C/c2cc(C)n(-c3ccc(OCc4ccccc4Cl)cc3)c2C)C(=O)NC1=S. The van der Waals surface area contributed by atoms with Crippen molar-refractivity contribution in [2.45, 2.75) is 20.5 Å². The van der Waals surface area contributed by atoms with Crippen LogP contribution in [0.5, 0.6) is 11.5 Å². The molecule has 1 aliphatic rings. The number of hydrogen-bond acceptors (Lipinski definition) is 5. The number of amides is 2. The van der Waals surface area contributed by atoms with Crippen molar-refractivity contribution in [2.75, 3.05) is 12.0 Å². The largest absolute Gasteiger partial charge is 0.495 e. The van der Waals surface area contributed by atoms with Gasteiger partial charge < -0.3 is 14.0 Å². The lowest BCUT2D eigenvalue weighted by atomic mass is 10.1. The van der Waals surface area contributed by atoms with Crippen molar-refractivity contribution >= 4 is 52.5 Å². The van der Waals surface area contributed by atoms with E-state index in [-0.39, 0.29) is 10.7 Å². The number of nitrogens with one attached hydrogen (secondary N) is 1. The number of para-hydroxylation sites is 2. The van der Waals surface area contributed by atoms with Gasteiger partial charge in [0.2, 0.25) is 0 Å². The van der Waals surface area contributed by atoms with Crippen LogP contribution in [0.3, 0.4) is 0 Å². The summed E-state index contributed by atoms with van der Waals surface area (Å²) in [6.07, 6.45) is 1.60. The number of nitrogens with zero attached hydrogens (tertiary/aromatic N) is 2. The van der Waals surface area contributed by atoms with E-state index in [1.165, 1.54) is 12.0 Å². The number of ether oxygens (including phenoxy) is 2. The van der Waals surface area contributed by atoms with Gasteiger partial charge in [0.05, 0.1) is 12.8 Å². The standard InChI is InChI=1S/C31H26ClN3O4S/c1-19-16-22(17-25-29(36)33-31(40)35(30(25)37)27-10-6-7-11-28(27)38-3)20(2)34(19)23-12-14-24(15-13-23)39-18-21-8-4-5-9-26(21)32/h4-17H,18H2,1-3H3,(H,33,36,40)/b25-17+. The Hall–Kier alpha value is -4.40. The molecule has 2 amide bonds. The maximum absolute atomic E-state index is 13.5. The molecule has 0 radical (unpaired) electrons. The van der Waals surface area contributed by atoms with E-state index in [0.717, 1.165) is 28.2 Å². The minimum Gasteiger partial charge on any atom is -0.495 e. The maximum atomic E-state index is 13.5. The summed E-state index contributed by atoms with van der Waals surface area (Å²) in [4.78, 5) is 27.7. The first kappa shape index (κ1) is 27.2. The van der Waals surface area contributed by atoms with E-state index in [1.807, 2.05) is 68.4 Å². The van der Waals surface area contributed by atoms with Gasteiger partial charge in [-0.3, -0.25) is 14.9 Å². The zero-order valence-electron chi connectivity index (χ0n) is 22.1. The fourth-order valence-electron chi connectivity index (χ4n) is 4.65. The molecule has 1 N–H and O–H groups in total. The Labute approximate surface area is 242 Å². The molecule has 0 saturated carbocycles. The first-order chi connectivity index (χ1) is 19.3. The van der Waals surface area contributed by atoms with Gasteiger partial charge in [-0.15, -0.1) is 0 Å². The second-order valence-electron chi connectivity index (χ2n) is 9.17. The van der Waals surface area contributed by atoms with Gasteiger partial charge in [-0.05, 0) is 86.2 Å². The molecule has 5 rings (SSSR count). The number of carbonyl (C=O) groups is 2. The molecule has 2 heterocycles. The average Bonchev–Trinajstić information content (AvgIpc) is 3.23. The molecule has 1 fully saturated rings. The fraction of sp³-hybridized carbons (Fsp3) is 0.129. The van der Waals surface area contributed by atoms with E-state index >= 15 is 0 Å². The van der Waals surface area contributed by atoms with Crippen LogP contribution < -0.4 is 19.7 Å². The Balaban J connectivity index is 1.41. The Morgan fingerprint density at radius 3 is 2.40 bits per heavy atom. The molecular formula is C31H26ClN3O4S. The van der Waals surface area contributed by atoms with E-state index in [0.29, 0.717) is 28.8 Å². The quantitative estimate of drug-likeness (QED) is 0.163. The maximum Gasteiger partial charge on any atom is 0.270 e. The summed E-state index contributed by atoms with van der Waals surface area (Å²) in [6, 6.07) is 24.2. The number of halogens is 1. The van der Waals surface area contributed by atoms with Crippen LogP contribution in [0.15, 0.2) is 84.4 Å². The van der Waals surface area contributed by atoms with Crippen molar-refractivity contribution < 1.29 is 19.1 Å². The third-order valence-electron chi connectivity index (χ3n) is 6.64. The molecular weight excluding hydrogens is 546 g/mol. The Morgan fingerprint density at radius 2 is 1.68 bits per heavy atom. The first-order valence-corrected chi connectivity index (χ1v) is 13.3. The highest BCUT2D eigenvalue weighted by Gasteiger charge is 2.36. The summed E-state index contributed by atoms with van der Waals surface area (Å²) in [5.41, 5.74) is 4.80. The lowest BCUT2D eigenvalue weighted by Crippen LogP contribution is -2.54. The van der Waals surface area contributed by atoms with Crippen LogP contribution in [-0.4, -0.2) is 28.6 Å². The number of anilines is 1. The third kappa shape index (κ3) is 5.23. The molecule has 0 bridgehead atoms. The van der Waals surface area contributed by atoms with E-state index < -0.39 is 11.8 Å².